The van der Waals surface area contributed by atoms with E-state index in [2.05, 4.69) is 15.9 Å². The molecule has 0 amide bonds. The Hall–Kier alpha value is -0.340. The van der Waals surface area contributed by atoms with Crippen LogP contribution in [-0.4, -0.2) is 6.29 Å². The Morgan fingerprint density at radius 1 is 1.45 bits per heavy atom. The van der Waals surface area contributed by atoms with Crippen molar-refractivity contribution in [3.63, 3.8) is 0 Å². The Morgan fingerprint density at radius 2 is 2.09 bits per heavy atom. The monoisotopic (exact) mass is 232 g/mol. The topological polar surface area (TPSA) is 17.1 Å². The van der Waals surface area contributed by atoms with Crippen molar-refractivity contribution in [3.05, 3.63) is 34.9 Å². The van der Waals surface area contributed by atoms with Gasteiger partial charge in [0.1, 0.15) is 6.29 Å². The lowest BCUT2D eigenvalue weighted by atomic mass is 10.2. The van der Waals surface area contributed by atoms with Crippen LogP contribution in [0.2, 0.25) is 5.02 Å². The molecule has 58 valence electrons. The van der Waals surface area contributed by atoms with Crippen LogP contribution in [0.3, 0.4) is 0 Å². The lowest BCUT2D eigenvalue weighted by Gasteiger charge is -2.03. The number of carbonyl (C=O) groups is 1. The van der Waals surface area contributed by atoms with Gasteiger partial charge in [-0.15, -0.1) is 0 Å². The largest absolute Gasteiger partial charge is 0.302 e. The van der Waals surface area contributed by atoms with Crippen molar-refractivity contribution in [2.75, 3.05) is 0 Å². The van der Waals surface area contributed by atoms with E-state index in [0.717, 1.165) is 11.8 Å². The van der Waals surface area contributed by atoms with Crippen LogP contribution in [0, 0.1) is 0 Å². The zero-order valence-electron chi connectivity index (χ0n) is 5.63. The maximum absolute atomic E-state index is 10.4. The molecular formula is C8H6BrClO. The number of hydrogen-bond acceptors (Lipinski definition) is 1. The van der Waals surface area contributed by atoms with E-state index in [-0.39, 0.29) is 4.83 Å². The third kappa shape index (κ3) is 2.04. The van der Waals surface area contributed by atoms with Crippen molar-refractivity contribution < 1.29 is 4.79 Å². The predicted molar refractivity (Wildman–Crippen MR) is 49.2 cm³/mol. The molecule has 0 radical (unpaired) electrons. The molecule has 0 aliphatic heterocycles. The van der Waals surface area contributed by atoms with Gasteiger partial charge in [0.2, 0.25) is 0 Å². The van der Waals surface area contributed by atoms with Gasteiger partial charge in [-0.1, -0.05) is 45.7 Å². The van der Waals surface area contributed by atoms with Crippen molar-refractivity contribution in [3.8, 4) is 0 Å². The second-order valence-corrected chi connectivity index (χ2v) is 3.45. The maximum Gasteiger partial charge on any atom is 0.138 e. The molecule has 0 fully saturated rings. The Labute approximate surface area is 78.5 Å². The maximum atomic E-state index is 10.4. The van der Waals surface area contributed by atoms with Gasteiger partial charge in [-0.05, 0) is 11.6 Å². The van der Waals surface area contributed by atoms with Gasteiger partial charge in [0.15, 0.2) is 0 Å². The smallest absolute Gasteiger partial charge is 0.138 e. The molecule has 0 unspecified atom stereocenters. The predicted octanol–water partition coefficient (Wildman–Crippen LogP) is 2.97. The van der Waals surface area contributed by atoms with Crippen LogP contribution in [0.4, 0.5) is 0 Å². The van der Waals surface area contributed by atoms with Crippen molar-refractivity contribution in [1.82, 2.24) is 0 Å². The standard InChI is InChI=1S/C8H6BrClO/c9-7(5-11)6-3-1-2-4-8(6)10/h1-5,7H/t7-/m1/s1. The van der Waals surface area contributed by atoms with Crippen LogP contribution in [0.25, 0.3) is 0 Å². The zero-order chi connectivity index (χ0) is 8.27. The van der Waals surface area contributed by atoms with Gasteiger partial charge in [-0.2, -0.15) is 0 Å². The molecule has 0 bridgehead atoms. The van der Waals surface area contributed by atoms with Gasteiger partial charge in [-0.25, -0.2) is 0 Å². The molecular weight excluding hydrogens is 227 g/mol. The molecule has 0 aliphatic rings. The Kier molecular flexibility index (Phi) is 3.09. The number of hydrogen-bond donors (Lipinski definition) is 0. The molecule has 1 atom stereocenters. The first-order chi connectivity index (χ1) is 5.25. The fraction of sp³-hybridized carbons (Fsp3) is 0.125. The number of carbonyl (C=O) groups excluding carboxylic acids is 1. The molecule has 1 nitrogen and oxygen atoms in total. The summed E-state index contributed by atoms with van der Waals surface area (Å²) in [6.45, 7) is 0. The van der Waals surface area contributed by atoms with Crippen molar-refractivity contribution in [2.24, 2.45) is 0 Å². The van der Waals surface area contributed by atoms with Gasteiger partial charge in [0, 0.05) is 5.02 Å². The van der Waals surface area contributed by atoms with E-state index >= 15 is 0 Å². The number of halogens is 2. The van der Waals surface area contributed by atoms with Crippen LogP contribution in [0.5, 0.6) is 0 Å². The summed E-state index contributed by atoms with van der Waals surface area (Å²) in [6.07, 6.45) is 0.807. The molecule has 0 spiro atoms. The Morgan fingerprint density at radius 3 is 2.64 bits per heavy atom. The average Bonchev–Trinajstić information content (AvgIpc) is 2.04. The van der Waals surface area contributed by atoms with Crippen molar-refractivity contribution in [1.29, 1.82) is 0 Å². The fourth-order valence-corrected chi connectivity index (χ4v) is 1.56. The van der Waals surface area contributed by atoms with E-state index in [1.54, 1.807) is 6.07 Å². The lowest BCUT2D eigenvalue weighted by Crippen LogP contribution is -1.90. The number of aldehydes is 1. The minimum atomic E-state index is -0.295. The summed E-state index contributed by atoms with van der Waals surface area (Å²) in [4.78, 5) is 10.1. The molecule has 1 rings (SSSR count). The van der Waals surface area contributed by atoms with Gasteiger partial charge in [0.05, 0.1) is 4.83 Å². The van der Waals surface area contributed by atoms with Crippen LogP contribution in [0.1, 0.15) is 10.4 Å². The van der Waals surface area contributed by atoms with E-state index in [4.69, 9.17) is 11.6 Å². The average molecular weight is 233 g/mol. The first kappa shape index (κ1) is 8.75. The molecule has 1 aromatic carbocycles. The van der Waals surface area contributed by atoms with E-state index < -0.39 is 0 Å². The van der Waals surface area contributed by atoms with Gasteiger partial charge < -0.3 is 4.79 Å². The summed E-state index contributed by atoms with van der Waals surface area (Å²) in [5.74, 6) is 0. The summed E-state index contributed by atoms with van der Waals surface area (Å²) < 4.78 is 0. The molecule has 1 aromatic rings. The first-order valence-electron chi connectivity index (χ1n) is 3.09. The van der Waals surface area contributed by atoms with Crippen molar-refractivity contribution >= 4 is 33.8 Å². The minimum absolute atomic E-state index is 0.295. The summed E-state index contributed by atoms with van der Waals surface area (Å²) in [5.41, 5.74) is 0.809. The summed E-state index contributed by atoms with van der Waals surface area (Å²) >= 11 is 8.99. The molecule has 11 heavy (non-hydrogen) atoms. The van der Waals surface area contributed by atoms with E-state index in [1.807, 2.05) is 18.2 Å². The molecule has 0 aliphatic carbocycles. The van der Waals surface area contributed by atoms with Crippen LogP contribution in [-0.2, 0) is 4.79 Å². The number of benzene rings is 1. The van der Waals surface area contributed by atoms with E-state index in [1.165, 1.54) is 0 Å². The quantitative estimate of drug-likeness (QED) is 0.567. The highest BCUT2D eigenvalue weighted by Crippen LogP contribution is 2.26. The molecule has 3 heteroatoms. The van der Waals surface area contributed by atoms with Crippen LogP contribution >= 0.6 is 27.5 Å². The van der Waals surface area contributed by atoms with Crippen LogP contribution in [0.15, 0.2) is 24.3 Å². The highest BCUT2D eigenvalue weighted by molar-refractivity contribution is 9.09. The third-order valence-corrected chi connectivity index (χ3v) is 2.38. The summed E-state index contributed by atoms with van der Waals surface area (Å²) in [7, 11) is 0. The van der Waals surface area contributed by atoms with Gasteiger partial charge in [-0.3, -0.25) is 0 Å². The minimum Gasteiger partial charge on any atom is -0.302 e. The summed E-state index contributed by atoms with van der Waals surface area (Å²) in [6, 6.07) is 7.25. The van der Waals surface area contributed by atoms with Gasteiger partial charge >= 0.3 is 0 Å². The third-order valence-electron chi connectivity index (χ3n) is 1.32. The number of alkyl halides is 1. The van der Waals surface area contributed by atoms with Crippen molar-refractivity contribution in [2.45, 2.75) is 4.83 Å². The molecule has 0 N–H and O–H groups in total. The molecule has 0 saturated carbocycles. The van der Waals surface area contributed by atoms with Crippen LogP contribution < -0.4 is 0 Å². The van der Waals surface area contributed by atoms with Gasteiger partial charge in [0.25, 0.3) is 0 Å². The fourth-order valence-electron chi connectivity index (χ4n) is 0.772. The molecule has 0 saturated heterocycles. The molecule has 0 aromatic heterocycles. The Balaban J connectivity index is 3.02. The SMILES string of the molecule is O=C[C@@H](Br)c1ccccc1Cl. The second-order valence-electron chi connectivity index (χ2n) is 2.06. The van der Waals surface area contributed by atoms with E-state index in [9.17, 15) is 4.79 Å². The lowest BCUT2D eigenvalue weighted by molar-refractivity contribution is -0.107. The highest BCUT2D eigenvalue weighted by Gasteiger charge is 2.07. The Bertz CT molecular complexity index is 262. The second kappa shape index (κ2) is 3.88. The zero-order valence-corrected chi connectivity index (χ0v) is 7.97. The first-order valence-corrected chi connectivity index (χ1v) is 4.39. The molecule has 0 heterocycles. The number of rotatable bonds is 2. The summed E-state index contributed by atoms with van der Waals surface area (Å²) in [5, 5.41) is 0.612. The highest BCUT2D eigenvalue weighted by atomic mass is 79.9. The normalized spacial score (nSPS) is 12.5. The van der Waals surface area contributed by atoms with E-state index in [0.29, 0.717) is 5.02 Å².